The Hall–Kier alpha value is -2.12. The zero-order chi connectivity index (χ0) is 16.5. The Labute approximate surface area is 138 Å². The smallest absolute Gasteiger partial charge is 0.311 e. The summed E-state index contributed by atoms with van der Waals surface area (Å²) >= 11 is 5.97. The Morgan fingerprint density at radius 2 is 1.78 bits per heavy atom. The zero-order valence-electron chi connectivity index (χ0n) is 12.4. The molecular formula is C16H14ClN4O2+. The minimum atomic E-state index is -1.39. The van der Waals surface area contributed by atoms with Gasteiger partial charge >= 0.3 is 5.91 Å². The van der Waals surface area contributed by atoms with Gasteiger partial charge < -0.3 is 9.47 Å². The van der Waals surface area contributed by atoms with Crippen molar-refractivity contribution < 1.29 is 14.5 Å². The van der Waals surface area contributed by atoms with Crippen LogP contribution >= 0.6 is 11.6 Å². The minimum absolute atomic E-state index is 0.209. The molecule has 0 amide bonds. The van der Waals surface area contributed by atoms with Gasteiger partial charge in [-0.05, 0) is 17.7 Å². The molecule has 1 aromatic carbocycles. The first-order valence-corrected chi connectivity index (χ1v) is 7.61. The quantitative estimate of drug-likeness (QED) is 0.741. The Balaban J connectivity index is 2.00. The van der Waals surface area contributed by atoms with E-state index >= 15 is 0 Å². The summed E-state index contributed by atoms with van der Waals surface area (Å²) in [6, 6.07) is 11.7. The molecule has 3 N–H and O–H groups in total. The number of benzene rings is 1. The lowest BCUT2D eigenvalue weighted by atomic mass is 9.85. The predicted molar refractivity (Wildman–Crippen MR) is 79.7 cm³/mol. The molecule has 2 aliphatic heterocycles. The van der Waals surface area contributed by atoms with Gasteiger partial charge in [-0.1, -0.05) is 30.7 Å². The molecule has 0 bridgehead atoms. The number of hydrogen-bond acceptors (Lipinski definition) is 5. The van der Waals surface area contributed by atoms with Crippen LogP contribution in [0.4, 0.5) is 0 Å². The fourth-order valence-corrected chi connectivity index (χ4v) is 4.70. The average Bonchev–Trinajstić information content (AvgIpc) is 2.83. The van der Waals surface area contributed by atoms with Gasteiger partial charge in [0.1, 0.15) is 0 Å². The van der Waals surface area contributed by atoms with Crippen LogP contribution in [-0.4, -0.2) is 25.0 Å². The number of rotatable bonds is 1. The largest absolute Gasteiger partial charge is 0.343 e. The van der Waals surface area contributed by atoms with Gasteiger partial charge in [0.2, 0.25) is 0 Å². The molecule has 7 heteroatoms. The van der Waals surface area contributed by atoms with Crippen molar-refractivity contribution in [1.82, 2.24) is 0 Å². The van der Waals surface area contributed by atoms with Gasteiger partial charge in [0.25, 0.3) is 5.84 Å². The van der Waals surface area contributed by atoms with Gasteiger partial charge in [-0.15, -0.1) is 0 Å². The van der Waals surface area contributed by atoms with Gasteiger partial charge in [-0.3, -0.25) is 5.73 Å². The molecule has 6 nitrogen and oxygen atoms in total. The number of nitriles is 2. The highest BCUT2D eigenvalue weighted by atomic mass is 35.5. The van der Waals surface area contributed by atoms with Crippen molar-refractivity contribution in [1.29, 1.82) is 10.5 Å². The Kier molecular flexibility index (Phi) is 2.54. The number of hydrogen-bond donors (Lipinski definition) is 2. The van der Waals surface area contributed by atoms with E-state index in [9.17, 15) is 10.5 Å². The molecule has 0 unspecified atom stereocenters. The van der Waals surface area contributed by atoms with Crippen molar-refractivity contribution in [3.05, 3.63) is 34.9 Å². The maximum absolute atomic E-state index is 10.1. The van der Waals surface area contributed by atoms with Crippen molar-refractivity contribution in [3.8, 4) is 12.1 Å². The molecule has 1 spiro atoms. The van der Waals surface area contributed by atoms with Crippen LogP contribution in [-0.2, 0) is 14.9 Å². The second kappa shape index (κ2) is 4.04. The minimum Gasteiger partial charge on any atom is -0.311 e. The van der Waals surface area contributed by atoms with Crippen LogP contribution in [0.2, 0.25) is 5.02 Å². The van der Waals surface area contributed by atoms with Gasteiger partial charge in [0.05, 0.1) is 30.8 Å². The first-order chi connectivity index (χ1) is 11.0. The predicted octanol–water partition coefficient (Wildman–Crippen LogP) is -0.217. The number of nitrogens with two attached hydrogens (primary N) is 1. The molecule has 1 aromatic rings. The maximum Gasteiger partial charge on any atom is 0.343 e. The number of amidine groups is 1. The molecule has 3 atom stereocenters. The Bertz CT molecular complexity index is 818. The van der Waals surface area contributed by atoms with Gasteiger partial charge in [-0.25, -0.2) is 4.99 Å². The van der Waals surface area contributed by atoms with Crippen LogP contribution in [0.5, 0.6) is 0 Å². The summed E-state index contributed by atoms with van der Waals surface area (Å²) in [4.78, 5) is 2.93. The van der Waals surface area contributed by atoms with Crippen molar-refractivity contribution in [2.24, 2.45) is 16.6 Å². The topological polar surface area (TPSA) is 106 Å². The summed E-state index contributed by atoms with van der Waals surface area (Å²) < 4.78 is 11.5. The molecule has 0 radical (unpaired) electrons. The lowest BCUT2D eigenvalue weighted by molar-refractivity contribution is -0.677. The molecule has 4 rings (SSSR count). The summed E-state index contributed by atoms with van der Waals surface area (Å²) in [7, 11) is 0. The van der Waals surface area contributed by atoms with Crippen molar-refractivity contribution in [2.45, 2.75) is 18.2 Å². The molecule has 3 aliphatic rings. The van der Waals surface area contributed by atoms with Crippen LogP contribution in [0.3, 0.4) is 0 Å². The molecule has 1 aliphatic carbocycles. The molecule has 1 saturated carbocycles. The van der Waals surface area contributed by atoms with Crippen LogP contribution in [0.15, 0.2) is 24.3 Å². The third-order valence-electron chi connectivity index (χ3n) is 5.65. The SMILES string of the molecule is C[C@]1(c2ccc(Cl)cc2)[C@]2(C#N)C(N)=[NH+]C3(OCCO3)[C@@]21C#N. The number of halogens is 1. The lowest BCUT2D eigenvalue weighted by Gasteiger charge is -2.27. The normalized spacial score (nSPS) is 39.4. The van der Waals surface area contributed by atoms with E-state index in [1.165, 1.54) is 0 Å². The van der Waals surface area contributed by atoms with Crippen LogP contribution in [0, 0.1) is 33.5 Å². The summed E-state index contributed by atoms with van der Waals surface area (Å²) in [5, 5.41) is 20.6. The first-order valence-electron chi connectivity index (χ1n) is 7.23. The molecule has 116 valence electrons. The van der Waals surface area contributed by atoms with Gasteiger partial charge in [0.15, 0.2) is 10.8 Å². The van der Waals surface area contributed by atoms with Gasteiger partial charge in [0, 0.05) is 5.02 Å². The van der Waals surface area contributed by atoms with Crippen LogP contribution < -0.4 is 10.7 Å². The number of fused-ring (bicyclic) bond motifs is 2. The molecule has 1 saturated heterocycles. The van der Waals surface area contributed by atoms with E-state index < -0.39 is 22.2 Å². The summed E-state index contributed by atoms with van der Waals surface area (Å²) in [5.74, 6) is -1.18. The number of nitrogens with zero attached hydrogens (tertiary/aromatic N) is 2. The maximum atomic E-state index is 10.1. The highest BCUT2D eigenvalue weighted by Gasteiger charge is 3.03. The van der Waals surface area contributed by atoms with E-state index in [-0.39, 0.29) is 5.84 Å². The highest BCUT2D eigenvalue weighted by Crippen LogP contribution is 2.82. The van der Waals surface area contributed by atoms with E-state index in [4.69, 9.17) is 26.8 Å². The summed E-state index contributed by atoms with van der Waals surface area (Å²) in [6.45, 7) is 2.52. The standard InChI is InChI=1S/C16H13ClN4O2/c1-13(10-2-4-11(17)5-3-10)14(8-18)12(20)21-16(15(13,14)9-19)22-6-7-23-16/h2-5H,6-7H2,1H3,(H2,20,21)/p+1/t13-,14-,15+/m0/s1. The Morgan fingerprint density at radius 1 is 1.17 bits per heavy atom. The summed E-state index contributed by atoms with van der Waals surface area (Å²) in [5.41, 5.74) is 3.60. The average molecular weight is 330 g/mol. The lowest BCUT2D eigenvalue weighted by Crippen LogP contribution is -2.90. The van der Waals surface area contributed by atoms with Crippen molar-refractivity contribution >= 4 is 17.4 Å². The molecular weight excluding hydrogens is 316 g/mol. The Morgan fingerprint density at radius 3 is 2.30 bits per heavy atom. The molecule has 0 aromatic heterocycles. The van der Waals surface area contributed by atoms with E-state index in [0.717, 1.165) is 5.56 Å². The fourth-order valence-electron chi connectivity index (χ4n) is 4.57. The summed E-state index contributed by atoms with van der Waals surface area (Å²) in [6.07, 6.45) is 0. The van der Waals surface area contributed by atoms with E-state index in [1.807, 2.05) is 19.1 Å². The number of ether oxygens (including phenoxy) is 2. The van der Waals surface area contributed by atoms with Crippen LogP contribution in [0.1, 0.15) is 12.5 Å². The van der Waals surface area contributed by atoms with E-state index in [0.29, 0.717) is 18.2 Å². The molecule has 2 fully saturated rings. The third-order valence-corrected chi connectivity index (χ3v) is 5.90. The monoisotopic (exact) mass is 329 g/mol. The molecule has 2 heterocycles. The van der Waals surface area contributed by atoms with Crippen molar-refractivity contribution in [2.75, 3.05) is 13.2 Å². The zero-order valence-corrected chi connectivity index (χ0v) is 13.1. The van der Waals surface area contributed by atoms with Gasteiger partial charge in [-0.2, -0.15) is 10.5 Å². The second-order valence-electron chi connectivity index (χ2n) is 6.21. The van der Waals surface area contributed by atoms with Crippen LogP contribution in [0.25, 0.3) is 0 Å². The second-order valence-corrected chi connectivity index (χ2v) is 6.64. The first kappa shape index (κ1) is 14.5. The van der Waals surface area contributed by atoms with E-state index in [1.54, 1.807) is 12.1 Å². The number of nitrogens with one attached hydrogen (secondary N) is 1. The molecule has 23 heavy (non-hydrogen) atoms. The third kappa shape index (κ3) is 1.16. The highest BCUT2D eigenvalue weighted by molar-refractivity contribution is 6.30. The fraction of sp³-hybridized carbons (Fsp3) is 0.438. The van der Waals surface area contributed by atoms with Crippen molar-refractivity contribution in [3.63, 3.8) is 0 Å². The van der Waals surface area contributed by atoms with E-state index in [2.05, 4.69) is 17.1 Å².